The van der Waals surface area contributed by atoms with Gasteiger partial charge in [0.25, 0.3) is 6.43 Å². The molecule has 110 valence electrons. The molecule has 1 aliphatic rings. The minimum Gasteiger partial charge on any atom is -0.300 e. The lowest BCUT2D eigenvalue weighted by Gasteiger charge is -2.14. The number of rotatable bonds is 4. The van der Waals surface area contributed by atoms with E-state index in [1.54, 1.807) is 18.2 Å². The summed E-state index contributed by atoms with van der Waals surface area (Å²) in [5.74, 6) is -0.262. The van der Waals surface area contributed by atoms with Crippen molar-refractivity contribution in [1.82, 2.24) is 10.2 Å². The van der Waals surface area contributed by atoms with Gasteiger partial charge in [-0.05, 0) is 30.5 Å². The smallest absolute Gasteiger partial charge is 0.291 e. The Morgan fingerprint density at radius 3 is 2.71 bits per heavy atom. The van der Waals surface area contributed by atoms with E-state index in [1.807, 2.05) is 6.07 Å². The standard InChI is InChI=1S/C13H10ClF2N3OS/c14-8-3-1-2-7(6-8)13(4-5-13)11(20)17-12-19-18-10(21-12)9(15)16/h1-3,6,9H,4-5H2,(H,17,19,20). The first kappa shape index (κ1) is 14.3. The normalized spacial score (nSPS) is 16.0. The first-order chi connectivity index (χ1) is 10.0. The summed E-state index contributed by atoms with van der Waals surface area (Å²) in [6.07, 6.45) is -1.30. The van der Waals surface area contributed by atoms with Crippen LogP contribution in [0.1, 0.15) is 29.8 Å². The Kier molecular flexibility index (Phi) is 3.62. The van der Waals surface area contributed by atoms with Gasteiger partial charge in [0.15, 0.2) is 5.01 Å². The monoisotopic (exact) mass is 329 g/mol. The summed E-state index contributed by atoms with van der Waals surface area (Å²) >= 11 is 6.63. The van der Waals surface area contributed by atoms with Crippen molar-refractivity contribution in [2.75, 3.05) is 5.32 Å². The van der Waals surface area contributed by atoms with Crippen molar-refractivity contribution < 1.29 is 13.6 Å². The van der Waals surface area contributed by atoms with E-state index in [-0.39, 0.29) is 11.0 Å². The molecule has 1 N–H and O–H groups in total. The van der Waals surface area contributed by atoms with Gasteiger partial charge >= 0.3 is 0 Å². The Labute approximate surface area is 128 Å². The van der Waals surface area contributed by atoms with Crippen LogP contribution in [0.2, 0.25) is 5.02 Å². The van der Waals surface area contributed by atoms with Crippen LogP contribution in [0.5, 0.6) is 0 Å². The molecule has 1 amide bonds. The number of halogens is 3. The molecule has 0 radical (unpaired) electrons. The SMILES string of the molecule is O=C(Nc1nnc(C(F)F)s1)C1(c2cccc(Cl)c2)CC1. The molecule has 1 aromatic heterocycles. The maximum Gasteiger partial charge on any atom is 0.291 e. The largest absolute Gasteiger partial charge is 0.300 e. The number of benzene rings is 1. The Balaban J connectivity index is 1.78. The quantitative estimate of drug-likeness (QED) is 0.928. The zero-order valence-corrected chi connectivity index (χ0v) is 12.2. The average Bonchev–Trinajstić information content (AvgIpc) is 3.13. The first-order valence-electron chi connectivity index (χ1n) is 6.20. The van der Waals surface area contributed by atoms with Crippen molar-refractivity contribution in [2.24, 2.45) is 0 Å². The van der Waals surface area contributed by atoms with Crippen molar-refractivity contribution in [2.45, 2.75) is 24.7 Å². The molecule has 3 rings (SSSR count). The van der Waals surface area contributed by atoms with Gasteiger partial charge in [0.1, 0.15) is 0 Å². The number of nitrogens with zero attached hydrogens (tertiary/aromatic N) is 2. The molecule has 21 heavy (non-hydrogen) atoms. The zero-order valence-electron chi connectivity index (χ0n) is 10.6. The highest BCUT2D eigenvalue weighted by atomic mass is 35.5. The molecule has 2 aromatic rings. The second kappa shape index (κ2) is 5.31. The molecular formula is C13H10ClF2N3OS. The Morgan fingerprint density at radius 2 is 2.14 bits per heavy atom. The van der Waals surface area contributed by atoms with Crippen LogP contribution < -0.4 is 5.32 Å². The van der Waals surface area contributed by atoms with Gasteiger partial charge in [-0.2, -0.15) is 0 Å². The minimum atomic E-state index is -2.68. The molecule has 1 fully saturated rings. The third-order valence-electron chi connectivity index (χ3n) is 3.41. The highest BCUT2D eigenvalue weighted by Crippen LogP contribution is 2.49. The topological polar surface area (TPSA) is 54.9 Å². The van der Waals surface area contributed by atoms with Crippen molar-refractivity contribution >= 4 is 34.0 Å². The van der Waals surface area contributed by atoms with E-state index in [0.29, 0.717) is 29.2 Å². The van der Waals surface area contributed by atoms with Crippen LogP contribution in [0.3, 0.4) is 0 Å². The third-order valence-corrected chi connectivity index (χ3v) is 4.49. The van der Waals surface area contributed by atoms with E-state index in [0.717, 1.165) is 5.56 Å². The van der Waals surface area contributed by atoms with Crippen molar-refractivity contribution in [3.05, 3.63) is 39.9 Å². The number of carbonyl (C=O) groups is 1. The van der Waals surface area contributed by atoms with E-state index >= 15 is 0 Å². The van der Waals surface area contributed by atoms with E-state index < -0.39 is 16.8 Å². The van der Waals surface area contributed by atoms with Crippen LogP contribution >= 0.6 is 22.9 Å². The van der Waals surface area contributed by atoms with Crippen molar-refractivity contribution in [3.8, 4) is 0 Å². The van der Waals surface area contributed by atoms with Gasteiger partial charge in [-0.15, -0.1) is 10.2 Å². The summed E-state index contributed by atoms with van der Waals surface area (Å²) in [5.41, 5.74) is 0.188. The van der Waals surface area contributed by atoms with Crippen molar-refractivity contribution in [3.63, 3.8) is 0 Å². The Bertz CT molecular complexity index is 688. The highest BCUT2D eigenvalue weighted by molar-refractivity contribution is 7.15. The lowest BCUT2D eigenvalue weighted by molar-refractivity contribution is -0.118. The van der Waals surface area contributed by atoms with E-state index in [1.165, 1.54) is 0 Å². The van der Waals surface area contributed by atoms with Crippen LogP contribution in [0.25, 0.3) is 0 Å². The molecule has 0 unspecified atom stereocenters. The van der Waals surface area contributed by atoms with Gasteiger partial charge in [0.05, 0.1) is 5.41 Å². The van der Waals surface area contributed by atoms with Gasteiger partial charge in [-0.1, -0.05) is 35.1 Å². The molecule has 0 spiro atoms. The third kappa shape index (κ3) is 2.75. The minimum absolute atomic E-state index is 0.0867. The van der Waals surface area contributed by atoms with E-state index in [2.05, 4.69) is 15.5 Å². The predicted octanol–water partition coefficient (Wildman–Crippen LogP) is 3.80. The summed E-state index contributed by atoms with van der Waals surface area (Å²) in [4.78, 5) is 12.4. The number of amides is 1. The average molecular weight is 330 g/mol. The molecular weight excluding hydrogens is 320 g/mol. The zero-order chi connectivity index (χ0) is 15.0. The molecule has 1 aromatic carbocycles. The number of alkyl halides is 2. The fraction of sp³-hybridized carbons (Fsp3) is 0.308. The highest BCUT2D eigenvalue weighted by Gasteiger charge is 2.51. The van der Waals surface area contributed by atoms with Crippen LogP contribution in [0, 0.1) is 0 Å². The molecule has 0 saturated heterocycles. The lowest BCUT2D eigenvalue weighted by Crippen LogP contribution is -2.27. The fourth-order valence-corrected chi connectivity index (χ4v) is 2.93. The van der Waals surface area contributed by atoms with Gasteiger partial charge < -0.3 is 0 Å². The second-order valence-corrected chi connectivity index (χ2v) is 6.24. The van der Waals surface area contributed by atoms with Gasteiger partial charge in [0.2, 0.25) is 11.0 Å². The van der Waals surface area contributed by atoms with E-state index in [4.69, 9.17) is 11.6 Å². The number of hydrogen-bond donors (Lipinski definition) is 1. The second-order valence-electron chi connectivity index (χ2n) is 4.79. The van der Waals surface area contributed by atoms with Gasteiger partial charge in [-0.25, -0.2) is 8.78 Å². The van der Waals surface area contributed by atoms with Crippen LogP contribution in [-0.2, 0) is 10.2 Å². The number of aromatic nitrogens is 2. The molecule has 0 aliphatic heterocycles. The maximum absolute atomic E-state index is 12.5. The summed E-state index contributed by atoms with van der Waals surface area (Å²) in [5, 5.41) is 9.71. The van der Waals surface area contributed by atoms with Crippen LogP contribution in [-0.4, -0.2) is 16.1 Å². The van der Waals surface area contributed by atoms with Crippen molar-refractivity contribution in [1.29, 1.82) is 0 Å². The molecule has 1 saturated carbocycles. The van der Waals surface area contributed by atoms with Crippen LogP contribution in [0.15, 0.2) is 24.3 Å². The van der Waals surface area contributed by atoms with Gasteiger partial charge in [-0.3, -0.25) is 10.1 Å². The molecule has 0 atom stereocenters. The lowest BCUT2D eigenvalue weighted by atomic mass is 9.95. The fourth-order valence-electron chi connectivity index (χ4n) is 2.15. The summed E-state index contributed by atoms with van der Waals surface area (Å²) < 4.78 is 24.9. The number of nitrogens with one attached hydrogen (secondary N) is 1. The number of carbonyl (C=O) groups excluding carboxylic acids is 1. The molecule has 8 heteroatoms. The Morgan fingerprint density at radius 1 is 1.38 bits per heavy atom. The van der Waals surface area contributed by atoms with Crippen LogP contribution in [0.4, 0.5) is 13.9 Å². The Hall–Kier alpha value is -1.60. The predicted molar refractivity (Wildman–Crippen MR) is 75.9 cm³/mol. The summed E-state index contributed by atoms with van der Waals surface area (Å²) in [6, 6.07) is 7.10. The first-order valence-corrected chi connectivity index (χ1v) is 7.40. The molecule has 1 aliphatic carbocycles. The number of hydrogen-bond acceptors (Lipinski definition) is 4. The van der Waals surface area contributed by atoms with E-state index in [9.17, 15) is 13.6 Å². The summed E-state index contributed by atoms with van der Waals surface area (Å²) in [7, 11) is 0. The number of anilines is 1. The van der Waals surface area contributed by atoms with Gasteiger partial charge in [0, 0.05) is 5.02 Å². The molecule has 1 heterocycles. The molecule has 4 nitrogen and oxygen atoms in total. The maximum atomic E-state index is 12.5. The molecule has 0 bridgehead atoms. The summed E-state index contributed by atoms with van der Waals surface area (Å²) in [6.45, 7) is 0.